The molecule has 2 aromatic heterocycles. The summed E-state index contributed by atoms with van der Waals surface area (Å²) in [5.41, 5.74) is 1.91. The summed E-state index contributed by atoms with van der Waals surface area (Å²) in [7, 11) is 0. The predicted molar refractivity (Wildman–Crippen MR) is 181 cm³/mol. The molecule has 0 fully saturated rings. The molecule has 6 aromatic rings. The fraction of sp³-hybridized carbons (Fsp3) is 0.0811. The van der Waals surface area contributed by atoms with E-state index in [1.54, 1.807) is 29.1 Å². The first-order valence-corrected chi connectivity index (χ1v) is 15.5. The largest absolute Gasteiger partial charge is 0.492 e. The van der Waals surface area contributed by atoms with Crippen molar-refractivity contribution in [2.75, 3.05) is 0 Å². The number of thiazole rings is 1. The Morgan fingerprint density at radius 2 is 1.65 bits per heavy atom. The second kappa shape index (κ2) is 13.0. The van der Waals surface area contributed by atoms with E-state index in [0.29, 0.717) is 16.9 Å². The van der Waals surface area contributed by atoms with Crippen LogP contribution in [0.15, 0.2) is 119 Å². The van der Waals surface area contributed by atoms with Crippen LogP contribution >= 0.6 is 11.3 Å². The summed E-state index contributed by atoms with van der Waals surface area (Å²) < 4.78 is 45.1. The first-order valence-electron chi connectivity index (χ1n) is 14.6. The molecular formula is C37H26F3N5O2S. The monoisotopic (exact) mass is 661 g/mol. The zero-order valence-corrected chi connectivity index (χ0v) is 26.4. The van der Waals surface area contributed by atoms with Crippen LogP contribution in [0.3, 0.4) is 0 Å². The standard InChI is InChI=1S/C37H26F3N5O2S/c1-23-15-17-25(18-16-23)33-26(22-44(43-33)28-11-4-3-5-12-28)20-32-35(47)45(31-14-7-6-13-30(31)37(38,39)40)36(48-32)29(21-41)34(46)42-27-10-8-9-24(2)19-27/h3-20,22H,1-2H3,(H,42,46)/b32-20-,36-29-. The van der Waals surface area contributed by atoms with Gasteiger partial charge in [-0.25, -0.2) is 9.67 Å². The van der Waals surface area contributed by atoms with Crippen molar-refractivity contribution >= 4 is 34.6 Å². The molecule has 0 saturated carbocycles. The summed E-state index contributed by atoms with van der Waals surface area (Å²) in [4.78, 5) is 18.3. The molecule has 1 N–H and O–H groups in total. The molecule has 6 rings (SSSR count). The molecule has 0 aliphatic carbocycles. The third kappa shape index (κ3) is 6.47. The zero-order chi connectivity index (χ0) is 34.0. The molecule has 0 radical (unpaired) electrons. The molecule has 0 unspecified atom stereocenters. The first-order chi connectivity index (χ1) is 23.0. The van der Waals surface area contributed by atoms with Gasteiger partial charge in [0.2, 0.25) is 5.90 Å². The minimum atomic E-state index is -4.82. The first kappa shape index (κ1) is 32.0. The van der Waals surface area contributed by atoms with Gasteiger partial charge in [-0.05, 0) is 61.9 Å². The van der Waals surface area contributed by atoms with Crippen molar-refractivity contribution in [3.05, 3.63) is 151 Å². The van der Waals surface area contributed by atoms with Crippen LogP contribution < -0.4 is 14.8 Å². The summed E-state index contributed by atoms with van der Waals surface area (Å²) in [5.74, 6) is -0.744. The van der Waals surface area contributed by atoms with Gasteiger partial charge >= 0.3 is 6.18 Å². The maximum absolute atomic E-state index is 14.3. The fourth-order valence-corrected chi connectivity index (χ4v) is 6.21. The Hall–Kier alpha value is -5.99. The molecule has 2 heterocycles. The average Bonchev–Trinajstić information content (AvgIpc) is 3.62. The molecule has 0 amide bonds. The van der Waals surface area contributed by atoms with E-state index in [9.17, 15) is 28.3 Å². The zero-order valence-electron chi connectivity index (χ0n) is 25.6. The van der Waals surface area contributed by atoms with E-state index in [1.807, 2.05) is 80.6 Å². The third-order valence-corrected chi connectivity index (χ3v) is 8.53. The molecule has 11 heteroatoms. The molecule has 48 heavy (non-hydrogen) atoms. The van der Waals surface area contributed by atoms with Crippen LogP contribution in [0.1, 0.15) is 22.3 Å². The Balaban J connectivity index is 1.68. The molecular weight excluding hydrogens is 636 g/mol. The highest BCUT2D eigenvalue weighted by Crippen LogP contribution is 2.33. The second-order valence-electron chi connectivity index (χ2n) is 10.9. The van der Waals surface area contributed by atoms with Gasteiger partial charge < -0.3 is 5.11 Å². The van der Waals surface area contributed by atoms with Gasteiger partial charge in [-0.2, -0.15) is 23.5 Å². The van der Waals surface area contributed by atoms with Crippen LogP contribution in [-0.2, 0) is 6.18 Å². The number of aliphatic hydroxyl groups is 1. The molecule has 0 aliphatic rings. The summed E-state index contributed by atoms with van der Waals surface area (Å²) in [6.45, 7) is 3.78. The number of nitriles is 1. The number of halogens is 3. The number of hydrogen-bond acceptors (Lipinski definition) is 5. The van der Waals surface area contributed by atoms with Crippen molar-refractivity contribution in [1.29, 1.82) is 5.26 Å². The van der Waals surface area contributed by atoms with Crippen molar-refractivity contribution in [3.8, 4) is 28.7 Å². The van der Waals surface area contributed by atoms with E-state index in [4.69, 9.17) is 5.10 Å². The number of benzene rings is 4. The Labute approximate surface area is 276 Å². The van der Waals surface area contributed by atoms with Gasteiger partial charge in [-0.3, -0.25) is 9.36 Å². The van der Waals surface area contributed by atoms with Gasteiger partial charge in [-0.1, -0.05) is 72.3 Å². The molecule has 0 atom stereocenters. The molecule has 7 nitrogen and oxygen atoms in total. The number of aliphatic hydroxyl groups excluding tert-OH is 1. The van der Waals surface area contributed by atoms with Crippen LogP contribution in [0, 0.1) is 25.2 Å². The smallest absolute Gasteiger partial charge is 0.418 e. The Morgan fingerprint density at radius 1 is 0.938 bits per heavy atom. The Morgan fingerprint density at radius 3 is 2.33 bits per heavy atom. The number of aromatic nitrogens is 3. The van der Waals surface area contributed by atoms with Gasteiger partial charge in [0.25, 0.3) is 5.56 Å². The fourth-order valence-electron chi connectivity index (χ4n) is 5.13. The van der Waals surface area contributed by atoms with Crippen LogP contribution in [0.4, 0.5) is 18.9 Å². The normalized spacial score (nSPS) is 13.0. The molecule has 0 saturated heterocycles. The quantitative estimate of drug-likeness (QED) is 0.151. The highest BCUT2D eigenvalue weighted by Gasteiger charge is 2.34. The number of aliphatic imine (C=N–C) groups is 1. The van der Waals surface area contributed by atoms with Crippen molar-refractivity contribution < 1.29 is 18.3 Å². The maximum atomic E-state index is 14.3. The summed E-state index contributed by atoms with van der Waals surface area (Å²) >= 11 is 0.771. The number of hydrogen-bond donors (Lipinski definition) is 1. The number of para-hydroxylation sites is 2. The minimum absolute atomic E-state index is 0.0130. The summed E-state index contributed by atoms with van der Waals surface area (Å²) in [6.07, 6.45) is -1.56. The lowest BCUT2D eigenvalue weighted by Crippen LogP contribution is -2.33. The molecule has 4 aromatic carbocycles. The molecule has 238 valence electrons. The Bertz CT molecular complexity index is 2400. The lowest BCUT2D eigenvalue weighted by atomic mass is 10.1. The second-order valence-corrected chi connectivity index (χ2v) is 11.9. The number of nitrogens with zero attached hydrogens (tertiary/aromatic N) is 5. The van der Waals surface area contributed by atoms with Gasteiger partial charge in [0.05, 0.1) is 32.9 Å². The topological polar surface area (TPSA) is 96.2 Å². The number of aryl methyl sites for hydroxylation is 2. The maximum Gasteiger partial charge on any atom is 0.418 e. The van der Waals surface area contributed by atoms with E-state index in [1.165, 1.54) is 18.2 Å². The minimum Gasteiger partial charge on any atom is -0.492 e. The van der Waals surface area contributed by atoms with Gasteiger partial charge in [0.15, 0.2) is 0 Å². The third-order valence-electron chi connectivity index (χ3n) is 7.43. The van der Waals surface area contributed by atoms with E-state index in [-0.39, 0.29) is 9.20 Å². The SMILES string of the molecule is Cc1ccc(-c2nn(-c3ccccc3)cc2/C=c2\s/c(=C(/C#N)C(O)=Nc3cccc(C)c3)n(-c3ccccc3C(F)(F)F)c2=O)cc1. The highest BCUT2D eigenvalue weighted by atomic mass is 32.1. The summed E-state index contributed by atoms with van der Waals surface area (Å²) in [5, 5.41) is 26.1. The van der Waals surface area contributed by atoms with Gasteiger partial charge in [0, 0.05) is 17.3 Å². The lowest BCUT2D eigenvalue weighted by Gasteiger charge is -2.13. The van der Waals surface area contributed by atoms with Crippen LogP contribution in [0.2, 0.25) is 0 Å². The number of rotatable bonds is 6. The van der Waals surface area contributed by atoms with E-state index in [0.717, 1.165) is 50.4 Å². The Kier molecular flexibility index (Phi) is 8.67. The van der Waals surface area contributed by atoms with Crippen LogP contribution in [-0.4, -0.2) is 25.4 Å². The van der Waals surface area contributed by atoms with E-state index >= 15 is 0 Å². The van der Waals surface area contributed by atoms with E-state index < -0.39 is 34.5 Å². The molecule has 0 bridgehead atoms. The van der Waals surface area contributed by atoms with Crippen molar-refractivity contribution in [2.45, 2.75) is 20.0 Å². The average molecular weight is 662 g/mol. The highest BCUT2D eigenvalue weighted by molar-refractivity contribution is 7.07. The van der Waals surface area contributed by atoms with Crippen molar-refractivity contribution in [1.82, 2.24) is 14.3 Å². The molecule has 0 aliphatic heterocycles. The van der Waals surface area contributed by atoms with E-state index in [2.05, 4.69) is 4.99 Å². The van der Waals surface area contributed by atoms with Crippen molar-refractivity contribution in [3.63, 3.8) is 0 Å². The lowest BCUT2D eigenvalue weighted by molar-refractivity contribution is -0.137. The van der Waals surface area contributed by atoms with Gasteiger partial charge in [-0.15, -0.1) is 11.3 Å². The van der Waals surface area contributed by atoms with Crippen LogP contribution in [0.5, 0.6) is 0 Å². The van der Waals surface area contributed by atoms with Crippen molar-refractivity contribution in [2.24, 2.45) is 4.99 Å². The summed E-state index contributed by atoms with van der Waals surface area (Å²) in [6, 6.07) is 30.2. The van der Waals surface area contributed by atoms with Gasteiger partial charge in [0.1, 0.15) is 16.3 Å². The molecule has 0 spiro atoms. The van der Waals surface area contributed by atoms with Crippen LogP contribution in [0.25, 0.3) is 34.3 Å². The number of alkyl halides is 3. The predicted octanol–water partition coefficient (Wildman–Crippen LogP) is 7.18.